The number of esters is 1. The molecule has 1 N–H and O–H groups in total. The molecule has 0 bridgehead atoms. The van der Waals surface area contributed by atoms with Gasteiger partial charge in [0.15, 0.2) is 0 Å². The Labute approximate surface area is 335 Å². The third kappa shape index (κ3) is 17.9. The van der Waals surface area contributed by atoms with Gasteiger partial charge in [0, 0.05) is 48.4 Å². The second-order valence-electron chi connectivity index (χ2n) is 11.7. The Kier molecular flexibility index (Phi) is 23.9. The Morgan fingerprint density at radius 1 is 0.860 bits per heavy atom. The van der Waals surface area contributed by atoms with E-state index in [2.05, 4.69) is 19.2 Å². The highest BCUT2D eigenvalue weighted by molar-refractivity contribution is 5.78. The number of methoxy groups -OCH3 is 4. The first-order chi connectivity index (χ1) is 27.0. The molecule has 3 aromatic rings. The van der Waals surface area contributed by atoms with Crippen molar-refractivity contribution in [1.29, 1.82) is 0 Å². The molecule has 0 fully saturated rings. The average Bonchev–Trinajstić information content (AvgIpc) is 3.18. The number of hydrogen-bond acceptors (Lipinski definition) is 10. The largest absolute Gasteiger partial charge is 0.497 e. The standard InChI is InChI=1S/C33H36FN3O8.C3H8.C2H3F3.2C2H6/c1-21(39)44-19-27-16-33(2,28-13-24(35-20-38)9-12-29(28)34)36-32(45-27)37(17-22-7-10-25(40-3)14-30(22)42-5)18-23-8-11-26(41-4)15-31(23)43-6;1-3-2;1-2(3,4)5;2*1-2/h7-16,20H,17-19H2,1-6H3,(H,35,38);3H2,1-2H3;1H3;2*1-2H3/t33-;;;;/m0..../s1. The molecule has 1 heterocycles. The first kappa shape index (κ1) is 51.5. The quantitative estimate of drug-likeness (QED) is 0.102. The van der Waals surface area contributed by atoms with E-state index < -0.39 is 23.5 Å². The zero-order valence-electron chi connectivity index (χ0n) is 35.4. The normalized spacial score (nSPS) is 13.8. The summed E-state index contributed by atoms with van der Waals surface area (Å²) in [6.45, 7) is 15.7. The van der Waals surface area contributed by atoms with E-state index in [0.717, 1.165) is 11.1 Å². The maximum atomic E-state index is 15.4. The lowest BCUT2D eigenvalue weighted by atomic mass is 9.90. The molecule has 0 radical (unpaired) electrons. The van der Waals surface area contributed by atoms with Gasteiger partial charge in [-0.2, -0.15) is 13.2 Å². The van der Waals surface area contributed by atoms with Crippen LogP contribution in [-0.4, -0.2) is 64.5 Å². The maximum absolute atomic E-state index is 15.4. The summed E-state index contributed by atoms with van der Waals surface area (Å²) < 4.78 is 80.1. The second kappa shape index (κ2) is 26.4. The number of halogens is 4. The molecule has 0 saturated heterocycles. The Morgan fingerprint density at radius 2 is 1.33 bits per heavy atom. The molecule has 0 aliphatic carbocycles. The molecule has 1 amide bonds. The van der Waals surface area contributed by atoms with E-state index in [1.807, 2.05) is 56.9 Å². The van der Waals surface area contributed by atoms with Gasteiger partial charge >= 0.3 is 12.1 Å². The first-order valence-corrected chi connectivity index (χ1v) is 18.4. The molecular weight excluding hydrogens is 750 g/mol. The van der Waals surface area contributed by atoms with Crippen molar-refractivity contribution in [2.45, 2.75) is 93.5 Å². The molecule has 1 aliphatic heterocycles. The number of amides is 1. The van der Waals surface area contributed by atoms with Gasteiger partial charge < -0.3 is 38.6 Å². The van der Waals surface area contributed by atoms with Gasteiger partial charge in [-0.25, -0.2) is 9.38 Å². The van der Waals surface area contributed by atoms with Crippen LogP contribution in [-0.2, 0) is 37.7 Å². The number of aliphatic imine (C=N–C) groups is 1. The predicted octanol–water partition coefficient (Wildman–Crippen LogP) is 10.2. The van der Waals surface area contributed by atoms with Crippen molar-refractivity contribution in [3.63, 3.8) is 0 Å². The van der Waals surface area contributed by atoms with E-state index in [1.54, 1.807) is 53.6 Å². The molecular formula is C42H59F4N3O8. The molecule has 15 heteroatoms. The smallest absolute Gasteiger partial charge is 0.386 e. The fraction of sp³-hybridized carbons (Fsp3) is 0.452. The number of carbonyl (C=O) groups excluding carboxylic acids is 2. The van der Waals surface area contributed by atoms with Gasteiger partial charge in [-0.1, -0.05) is 48.0 Å². The lowest BCUT2D eigenvalue weighted by Crippen LogP contribution is -2.38. The van der Waals surface area contributed by atoms with E-state index in [-0.39, 0.29) is 44.0 Å². The molecule has 1 atom stereocenters. The van der Waals surface area contributed by atoms with Gasteiger partial charge in [-0.05, 0) is 55.5 Å². The first-order valence-electron chi connectivity index (χ1n) is 18.4. The summed E-state index contributed by atoms with van der Waals surface area (Å²) in [7, 11) is 6.25. The summed E-state index contributed by atoms with van der Waals surface area (Å²) in [6.07, 6.45) is -0.658. The lowest BCUT2D eigenvalue weighted by molar-refractivity contribution is -0.140. The molecule has 0 unspecified atom stereocenters. The Hall–Kier alpha value is -5.47. The van der Waals surface area contributed by atoms with E-state index in [4.69, 9.17) is 33.4 Å². The van der Waals surface area contributed by atoms with Gasteiger partial charge in [0.25, 0.3) is 6.02 Å². The minimum absolute atomic E-state index is 0.117. The summed E-state index contributed by atoms with van der Waals surface area (Å²) in [5.41, 5.74) is 0.763. The minimum atomic E-state index is -4.00. The van der Waals surface area contributed by atoms with Gasteiger partial charge in [0.1, 0.15) is 46.7 Å². The number of nitrogens with one attached hydrogen (secondary N) is 1. The Balaban J connectivity index is 0.00000232. The van der Waals surface area contributed by atoms with Crippen molar-refractivity contribution < 1.29 is 55.6 Å². The van der Waals surface area contributed by atoms with Crippen molar-refractivity contribution in [2.24, 2.45) is 4.99 Å². The summed E-state index contributed by atoms with van der Waals surface area (Å²) >= 11 is 0. The molecule has 318 valence electrons. The van der Waals surface area contributed by atoms with Crippen LogP contribution in [0.4, 0.5) is 23.2 Å². The number of benzene rings is 3. The molecule has 11 nitrogen and oxygen atoms in total. The number of carbonyl (C=O) groups is 2. The van der Waals surface area contributed by atoms with Crippen LogP contribution in [0.25, 0.3) is 0 Å². The number of amidine groups is 1. The molecule has 3 aromatic carbocycles. The van der Waals surface area contributed by atoms with Crippen molar-refractivity contribution in [2.75, 3.05) is 40.4 Å². The van der Waals surface area contributed by atoms with Gasteiger partial charge in [-0.3, -0.25) is 9.59 Å². The average molecular weight is 810 g/mol. The predicted molar refractivity (Wildman–Crippen MR) is 215 cm³/mol. The van der Waals surface area contributed by atoms with E-state index in [1.165, 1.54) is 31.5 Å². The molecule has 0 saturated carbocycles. The van der Waals surface area contributed by atoms with Crippen LogP contribution in [0.1, 0.15) is 85.4 Å². The lowest BCUT2D eigenvalue weighted by Gasteiger charge is -2.34. The summed E-state index contributed by atoms with van der Waals surface area (Å²) in [5, 5.41) is 2.55. The van der Waals surface area contributed by atoms with E-state index in [9.17, 15) is 22.8 Å². The summed E-state index contributed by atoms with van der Waals surface area (Å²) in [5.74, 6) is 1.52. The van der Waals surface area contributed by atoms with Crippen LogP contribution in [0.5, 0.6) is 23.0 Å². The Bertz CT molecular complexity index is 1670. The van der Waals surface area contributed by atoms with Crippen LogP contribution in [0.2, 0.25) is 0 Å². The third-order valence-electron chi connectivity index (χ3n) is 7.13. The van der Waals surface area contributed by atoms with Crippen LogP contribution >= 0.6 is 0 Å². The van der Waals surface area contributed by atoms with Crippen LogP contribution in [0, 0.1) is 5.82 Å². The van der Waals surface area contributed by atoms with Crippen LogP contribution in [0.15, 0.2) is 71.4 Å². The number of alkyl halides is 3. The highest BCUT2D eigenvalue weighted by Gasteiger charge is 2.35. The van der Waals surface area contributed by atoms with E-state index >= 15 is 4.39 Å². The summed E-state index contributed by atoms with van der Waals surface area (Å²) in [4.78, 5) is 29.6. The monoisotopic (exact) mass is 809 g/mol. The Morgan fingerprint density at radius 3 is 1.74 bits per heavy atom. The number of ether oxygens (including phenoxy) is 6. The van der Waals surface area contributed by atoms with Crippen molar-refractivity contribution >= 4 is 24.1 Å². The summed E-state index contributed by atoms with van der Waals surface area (Å²) in [6, 6.07) is 15.2. The van der Waals surface area contributed by atoms with E-state index in [0.29, 0.717) is 35.1 Å². The number of rotatable bonds is 13. The van der Waals surface area contributed by atoms with Crippen molar-refractivity contribution in [3.8, 4) is 23.0 Å². The zero-order chi connectivity index (χ0) is 43.8. The molecule has 0 spiro atoms. The van der Waals surface area contributed by atoms with Crippen LogP contribution < -0.4 is 24.3 Å². The van der Waals surface area contributed by atoms with Crippen molar-refractivity contribution in [3.05, 3.63) is 88.9 Å². The molecule has 57 heavy (non-hydrogen) atoms. The maximum Gasteiger partial charge on any atom is 0.386 e. The SMILES string of the molecule is CC.CC.CC(F)(F)F.CCC.COc1ccc(CN(Cc2ccc(OC)cc2OC)C2=N[C@](C)(c3cc(NC=O)ccc3F)C=C(COC(C)=O)O2)c(OC)c1. The highest BCUT2D eigenvalue weighted by Crippen LogP contribution is 2.37. The second-order valence-corrected chi connectivity index (χ2v) is 11.7. The highest BCUT2D eigenvalue weighted by atomic mass is 19.4. The molecule has 1 aliphatic rings. The topological polar surface area (TPSA) is 117 Å². The van der Waals surface area contributed by atoms with Gasteiger partial charge in [0.05, 0.1) is 41.5 Å². The fourth-order valence-corrected chi connectivity index (χ4v) is 4.87. The number of anilines is 1. The van der Waals surface area contributed by atoms with Crippen LogP contribution in [0.3, 0.4) is 0 Å². The fourth-order valence-electron chi connectivity index (χ4n) is 4.87. The number of hydrogen-bond donors (Lipinski definition) is 1. The van der Waals surface area contributed by atoms with Gasteiger partial charge in [-0.15, -0.1) is 0 Å². The minimum Gasteiger partial charge on any atom is -0.497 e. The van der Waals surface area contributed by atoms with Gasteiger partial charge in [0.2, 0.25) is 6.41 Å². The third-order valence-corrected chi connectivity index (χ3v) is 7.13. The van der Waals surface area contributed by atoms with Crippen molar-refractivity contribution in [1.82, 2.24) is 4.90 Å². The number of nitrogens with zero attached hydrogens (tertiary/aromatic N) is 2. The molecule has 0 aromatic heterocycles. The zero-order valence-corrected chi connectivity index (χ0v) is 35.4. The molecule has 4 rings (SSSR count).